The molecular formula is C27H26N2O3. The van der Waals surface area contributed by atoms with Crippen LogP contribution in [0.15, 0.2) is 77.6 Å². The van der Waals surface area contributed by atoms with Crippen LogP contribution < -0.4 is 10.9 Å². The van der Waals surface area contributed by atoms with Gasteiger partial charge in [0.2, 0.25) is 0 Å². The molecule has 0 saturated heterocycles. The molecule has 5 nitrogen and oxygen atoms in total. The molecule has 1 amide bonds. The summed E-state index contributed by atoms with van der Waals surface area (Å²) < 4.78 is 1.35. The largest absolute Gasteiger partial charge is 0.502 e. The molecule has 0 aliphatic carbocycles. The van der Waals surface area contributed by atoms with Crippen LogP contribution in [0.1, 0.15) is 45.6 Å². The van der Waals surface area contributed by atoms with Crippen LogP contribution >= 0.6 is 0 Å². The number of nitrogens with zero attached hydrogens (tertiary/aromatic N) is 1. The Bertz CT molecular complexity index is 1350. The molecule has 0 aliphatic rings. The van der Waals surface area contributed by atoms with E-state index in [4.69, 9.17) is 0 Å². The van der Waals surface area contributed by atoms with Gasteiger partial charge in [-0.15, -0.1) is 0 Å². The third-order valence-corrected chi connectivity index (χ3v) is 5.83. The molecule has 1 atom stereocenters. The van der Waals surface area contributed by atoms with Crippen molar-refractivity contribution in [3.05, 3.63) is 111 Å². The Morgan fingerprint density at radius 1 is 1.00 bits per heavy atom. The zero-order valence-corrected chi connectivity index (χ0v) is 18.4. The number of amides is 1. The average molecular weight is 427 g/mol. The number of hydrogen-bond acceptors (Lipinski definition) is 3. The van der Waals surface area contributed by atoms with Crippen molar-refractivity contribution >= 4 is 16.8 Å². The molecule has 3 aromatic carbocycles. The Morgan fingerprint density at radius 2 is 1.72 bits per heavy atom. The maximum Gasteiger partial charge on any atom is 0.293 e. The van der Waals surface area contributed by atoms with Crippen molar-refractivity contribution in [2.75, 3.05) is 0 Å². The highest BCUT2D eigenvalue weighted by Crippen LogP contribution is 2.25. The number of aryl methyl sites for hydroxylation is 2. The van der Waals surface area contributed by atoms with E-state index in [-0.39, 0.29) is 11.6 Å². The van der Waals surface area contributed by atoms with Gasteiger partial charge in [-0.2, -0.15) is 0 Å². The highest BCUT2D eigenvalue weighted by atomic mass is 16.3. The van der Waals surface area contributed by atoms with Gasteiger partial charge in [0.1, 0.15) is 0 Å². The van der Waals surface area contributed by atoms with Crippen molar-refractivity contribution in [2.45, 2.75) is 26.3 Å². The molecule has 4 aromatic rings. The van der Waals surface area contributed by atoms with E-state index in [1.807, 2.05) is 19.1 Å². The quantitative estimate of drug-likeness (QED) is 0.489. The lowest BCUT2D eigenvalue weighted by Crippen LogP contribution is -2.29. The fourth-order valence-electron chi connectivity index (χ4n) is 3.98. The van der Waals surface area contributed by atoms with E-state index in [9.17, 15) is 14.7 Å². The van der Waals surface area contributed by atoms with Gasteiger partial charge in [0, 0.05) is 12.4 Å². The molecule has 5 heteroatoms. The Labute approximate surface area is 187 Å². The molecule has 0 unspecified atom stereocenters. The second-order valence-corrected chi connectivity index (χ2v) is 8.21. The number of rotatable bonds is 5. The van der Waals surface area contributed by atoms with Crippen LogP contribution in [0.4, 0.5) is 0 Å². The summed E-state index contributed by atoms with van der Waals surface area (Å²) in [5.41, 5.74) is 4.55. The van der Waals surface area contributed by atoms with Crippen molar-refractivity contribution in [2.24, 2.45) is 7.05 Å². The lowest BCUT2D eigenvalue weighted by atomic mass is 9.99. The molecule has 1 heterocycles. The number of pyridine rings is 1. The topological polar surface area (TPSA) is 71.3 Å². The monoisotopic (exact) mass is 426 g/mol. The molecule has 1 aromatic heterocycles. The fourth-order valence-corrected chi connectivity index (χ4v) is 3.98. The number of nitrogens with one attached hydrogen (secondary N) is 1. The number of benzene rings is 3. The first-order chi connectivity index (χ1) is 15.3. The maximum atomic E-state index is 13.1. The van der Waals surface area contributed by atoms with E-state index < -0.39 is 17.2 Å². The molecule has 162 valence electrons. The van der Waals surface area contributed by atoms with Crippen LogP contribution in [-0.2, 0) is 13.5 Å². The van der Waals surface area contributed by atoms with E-state index in [0.29, 0.717) is 10.9 Å². The van der Waals surface area contributed by atoms with E-state index in [2.05, 4.69) is 48.6 Å². The van der Waals surface area contributed by atoms with E-state index in [1.54, 1.807) is 31.3 Å². The van der Waals surface area contributed by atoms with Gasteiger partial charge in [-0.05, 0) is 43.0 Å². The van der Waals surface area contributed by atoms with Crippen molar-refractivity contribution in [3.63, 3.8) is 0 Å². The van der Waals surface area contributed by atoms with Gasteiger partial charge in [-0.25, -0.2) is 0 Å². The summed E-state index contributed by atoms with van der Waals surface area (Å²) >= 11 is 0. The highest BCUT2D eigenvalue weighted by Gasteiger charge is 2.22. The van der Waals surface area contributed by atoms with Crippen LogP contribution in [0.5, 0.6) is 5.75 Å². The zero-order chi connectivity index (χ0) is 22.8. The van der Waals surface area contributed by atoms with Crippen LogP contribution in [0, 0.1) is 6.92 Å². The third-order valence-electron chi connectivity index (χ3n) is 5.83. The first-order valence-electron chi connectivity index (χ1n) is 10.6. The normalized spacial score (nSPS) is 12.0. The van der Waals surface area contributed by atoms with Crippen molar-refractivity contribution < 1.29 is 9.90 Å². The highest BCUT2D eigenvalue weighted by molar-refractivity contribution is 6.08. The summed E-state index contributed by atoms with van der Waals surface area (Å²) in [5.74, 6) is -1.02. The van der Waals surface area contributed by atoms with E-state index in [0.717, 1.165) is 17.5 Å². The molecule has 32 heavy (non-hydrogen) atoms. The molecule has 0 saturated carbocycles. The molecule has 4 rings (SSSR count). The molecule has 0 bridgehead atoms. The van der Waals surface area contributed by atoms with Crippen LogP contribution in [0.3, 0.4) is 0 Å². The average Bonchev–Trinajstić information content (AvgIpc) is 2.79. The molecule has 0 aliphatic heterocycles. The molecule has 0 fully saturated rings. The number of aromatic nitrogens is 1. The van der Waals surface area contributed by atoms with Crippen molar-refractivity contribution in [3.8, 4) is 5.75 Å². The third kappa shape index (κ3) is 4.14. The predicted molar refractivity (Wildman–Crippen MR) is 127 cm³/mol. The summed E-state index contributed by atoms with van der Waals surface area (Å²) in [4.78, 5) is 25.6. The Kier molecular flexibility index (Phi) is 5.82. The van der Waals surface area contributed by atoms with Gasteiger partial charge in [0.15, 0.2) is 5.75 Å². The summed E-state index contributed by atoms with van der Waals surface area (Å²) in [7, 11) is 1.58. The number of hydrogen-bond donors (Lipinski definition) is 2. The van der Waals surface area contributed by atoms with Crippen LogP contribution in [0.25, 0.3) is 10.9 Å². The molecule has 2 N–H and O–H groups in total. The number of aromatic hydroxyl groups is 1. The SMILES string of the molecule is Cc1ccc(Cc2cccc([C@@H](C)NC(=O)c3c(O)c(=O)n(C)c4ccccc34)c2)cc1. The summed E-state index contributed by atoms with van der Waals surface area (Å²) in [5, 5.41) is 13.9. The smallest absolute Gasteiger partial charge is 0.293 e. The van der Waals surface area contributed by atoms with Crippen molar-refractivity contribution in [1.82, 2.24) is 9.88 Å². The van der Waals surface area contributed by atoms with Gasteiger partial charge in [-0.3, -0.25) is 9.59 Å². The Morgan fingerprint density at radius 3 is 2.47 bits per heavy atom. The minimum absolute atomic E-state index is 0.00589. The molecule has 0 spiro atoms. The fraction of sp³-hybridized carbons (Fsp3) is 0.185. The first kappa shape index (κ1) is 21.4. The number of fused-ring (bicyclic) bond motifs is 1. The first-order valence-corrected chi connectivity index (χ1v) is 10.6. The van der Waals surface area contributed by atoms with Crippen molar-refractivity contribution in [1.29, 1.82) is 0 Å². The van der Waals surface area contributed by atoms with E-state index >= 15 is 0 Å². The predicted octanol–water partition coefficient (Wildman–Crippen LogP) is 4.63. The van der Waals surface area contributed by atoms with Gasteiger partial charge in [0.05, 0.1) is 17.1 Å². The number of para-hydroxylation sites is 1. The zero-order valence-electron chi connectivity index (χ0n) is 18.4. The Balaban J connectivity index is 1.60. The lowest BCUT2D eigenvalue weighted by Gasteiger charge is -2.17. The number of carbonyl (C=O) groups is 1. The second kappa shape index (κ2) is 8.71. The minimum atomic E-state index is -0.596. The van der Waals surface area contributed by atoms with Gasteiger partial charge in [0.25, 0.3) is 11.5 Å². The molecular weight excluding hydrogens is 400 g/mol. The maximum absolute atomic E-state index is 13.1. The van der Waals surface area contributed by atoms with Gasteiger partial charge < -0.3 is 15.0 Å². The standard InChI is InChI=1S/C27H26N2O3/c1-17-11-13-19(14-12-17)15-20-7-6-8-21(16-20)18(2)28-26(31)24-22-9-4-5-10-23(22)29(3)27(32)25(24)30/h4-14,16,18,30H,15H2,1-3H3,(H,28,31)/t18-/m1/s1. The van der Waals surface area contributed by atoms with Gasteiger partial charge in [-0.1, -0.05) is 72.3 Å². The minimum Gasteiger partial charge on any atom is -0.502 e. The van der Waals surface area contributed by atoms with Crippen LogP contribution in [0.2, 0.25) is 0 Å². The lowest BCUT2D eigenvalue weighted by molar-refractivity contribution is 0.0938. The summed E-state index contributed by atoms with van der Waals surface area (Å²) in [6.07, 6.45) is 0.801. The second-order valence-electron chi connectivity index (χ2n) is 8.21. The van der Waals surface area contributed by atoms with Crippen LogP contribution in [-0.4, -0.2) is 15.6 Å². The number of carbonyl (C=O) groups excluding carboxylic acids is 1. The molecule has 0 radical (unpaired) electrons. The summed E-state index contributed by atoms with van der Waals surface area (Å²) in [6, 6.07) is 23.3. The Hall–Kier alpha value is -3.86. The summed E-state index contributed by atoms with van der Waals surface area (Å²) in [6.45, 7) is 3.96. The van der Waals surface area contributed by atoms with Gasteiger partial charge >= 0.3 is 0 Å². The van der Waals surface area contributed by atoms with E-state index in [1.165, 1.54) is 15.7 Å².